The maximum Gasteiger partial charge on any atom is 0.242 e. The van der Waals surface area contributed by atoms with Gasteiger partial charge in [0, 0.05) is 19.5 Å². The van der Waals surface area contributed by atoms with Crippen LogP contribution in [0.3, 0.4) is 0 Å². The second-order valence-corrected chi connectivity index (χ2v) is 6.69. The summed E-state index contributed by atoms with van der Waals surface area (Å²) in [5, 5.41) is 5.26. The van der Waals surface area contributed by atoms with Crippen molar-refractivity contribution in [3.63, 3.8) is 0 Å². The van der Waals surface area contributed by atoms with E-state index in [0.29, 0.717) is 32.1 Å². The SMILES string of the molecule is COc1ccc(CC(NC(=O)[C@H](C)NC(=O)CN2CCOCC2)C(N)=O)cc1. The van der Waals surface area contributed by atoms with Crippen molar-refractivity contribution in [1.29, 1.82) is 0 Å². The van der Waals surface area contributed by atoms with E-state index in [1.807, 2.05) is 4.90 Å². The molecular formula is C19H28N4O5. The number of morpholine rings is 1. The van der Waals surface area contributed by atoms with Crippen molar-refractivity contribution >= 4 is 17.7 Å². The van der Waals surface area contributed by atoms with Crippen LogP contribution in [0.15, 0.2) is 24.3 Å². The number of hydrogen-bond donors (Lipinski definition) is 3. The van der Waals surface area contributed by atoms with E-state index < -0.39 is 23.9 Å². The largest absolute Gasteiger partial charge is 0.497 e. The van der Waals surface area contributed by atoms with Crippen LogP contribution in [0.4, 0.5) is 0 Å². The van der Waals surface area contributed by atoms with Crippen LogP contribution in [-0.4, -0.2) is 74.7 Å². The number of nitrogens with one attached hydrogen (secondary N) is 2. The number of benzene rings is 1. The lowest BCUT2D eigenvalue weighted by atomic mass is 10.0. The Labute approximate surface area is 164 Å². The minimum absolute atomic E-state index is 0.200. The highest BCUT2D eigenvalue weighted by Gasteiger charge is 2.24. The molecule has 0 bridgehead atoms. The molecule has 154 valence electrons. The molecule has 1 unspecified atom stereocenters. The number of nitrogens with two attached hydrogens (primary N) is 1. The summed E-state index contributed by atoms with van der Waals surface area (Å²) in [5.41, 5.74) is 6.26. The first-order valence-corrected chi connectivity index (χ1v) is 9.21. The first-order chi connectivity index (χ1) is 13.4. The summed E-state index contributed by atoms with van der Waals surface area (Å²) in [7, 11) is 1.57. The van der Waals surface area contributed by atoms with Crippen molar-refractivity contribution in [1.82, 2.24) is 15.5 Å². The van der Waals surface area contributed by atoms with Gasteiger partial charge in [-0.05, 0) is 24.6 Å². The molecule has 1 aromatic carbocycles. The van der Waals surface area contributed by atoms with Crippen LogP contribution in [0, 0.1) is 0 Å². The van der Waals surface area contributed by atoms with Gasteiger partial charge >= 0.3 is 0 Å². The van der Waals surface area contributed by atoms with Gasteiger partial charge in [0.2, 0.25) is 17.7 Å². The van der Waals surface area contributed by atoms with Gasteiger partial charge in [-0.2, -0.15) is 0 Å². The van der Waals surface area contributed by atoms with Crippen LogP contribution in [0.1, 0.15) is 12.5 Å². The van der Waals surface area contributed by atoms with Gasteiger partial charge in [-0.3, -0.25) is 19.3 Å². The van der Waals surface area contributed by atoms with E-state index in [0.717, 1.165) is 5.56 Å². The van der Waals surface area contributed by atoms with E-state index >= 15 is 0 Å². The van der Waals surface area contributed by atoms with Crippen molar-refractivity contribution in [3.8, 4) is 5.75 Å². The number of hydrogen-bond acceptors (Lipinski definition) is 6. The smallest absolute Gasteiger partial charge is 0.242 e. The van der Waals surface area contributed by atoms with Crippen molar-refractivity contribution in [2.24, 2.45) is 5.73 Å². The number of ether oxygens (including phenoxy) is 2. The highest BCUT2D eigenvalue weighted by molar-refractivity contribution is 5.91. The Bertz CT molecular complexity index is 673. The van der Waals surface area contributed by atoms with Crippen molar-refractivity contribution < 1.29 is 23.9 Å². The van der Waals surface area contributed by atoms with E-state index in [4.69, 9.17) is 15.2 Å². The molecule has 1 fully saturated rings. The maximum absolute atomic E-state index is 12.4. The average molecular weight is 392 g/mol. The fourth-order valence-corrected chi connectivity index (χ4v) is 2.83. The fourth-order valence-electron chi connectivity index (χ4n) is 2.83. The molecule has 0 aromatic heterocycles. The second kappa shape index (κ2) is 10.6. The third-order valence-electron chi connectivity index (χ3n) is 4.50. The van der Waals surface area contributed by atoms with Gasteiger partial charge in [-0.15, -0.1) is 0 Å². The summed E-state index contributed by atoms with van der Waals surface area (Å²) >= 11 is 0. The van der Waals surface area contributed by atoms with Crippen LogP contribution < -0.4 is 21.1 Å². The topological polar surface area (TPSA) is 123 Å². The fraction of sp³-hybridized carbons (Fsp3) is 0.526. The van der Waals surface area contributed by atoms with Crippen LogP contribution in [0.25, 0.3) is 0 Å². The van der Waals surface area contributed by atoms with E-state index in [-0.39, 0.29) is 18.9 Å². The molecule has 0 spiro atoms. The predicted molar refractivity (Wildman–Crippen MR) is 103 cm³/mol. The maximum atomic E-state index is 12.4. The summed E-state index contributed by atoms with van der Waals surface area (Å²) in [4.78, 5) is 38.2. The third-order valence-corrected chi connectivity index (χ3v) is 4.50. The Hall–Kier alpha value is -2.65. The molecule has 1 aliphatic rings. The molecule has 1 aliphatic heterocycles. The minimum atomic E-state index is -0.875. The molecule has 28 heavy (non-hydrogen) atoms. The van der Waals surface area contributed by atoms with Crippen molar-refractivity contribution in [3.05, 3.63) is 29.8 Å². The van der Waals surface area contributed by atoms with Gasteiger partial charge in [0.25, 0.3) is 0 Å². The summed E-state index contributed by atoms with van der Waals surface area (Å²) in [6.07, 6.45) is 0.250. The average Bonchev–Trinajstić information content (AvgIpc) is 2.68. The van der Waals surface area contributed by atoms with Gasteiger partial charge < -0.3 is 25.8 Å². The normalized spacial score (nSPS) is 16.6. The number of rotatable bonds is 9. The summed E-state index contributed by atoms with van der Waals surface area (Å²) in [6, 6.07) is 5.47. The zero-order valence-electron chi connectivity index (χ0n) is 16.3. The molecule has 2 atom stereocenters. The standard InChI is InChI=1S/C19H28N4O5/c1-13(21-17(24)12-23-7-9-28-10-8-23)19(26)22-16(18(20)25)11-14-3-5-15(27-2)6-4-14/h3-6,13,16H,7-12H2,1-2H3,(H2,20,25)(H,21,24)(H,22,26)/t13-,16?/m0/s1. The molecule has 1 heterocycles. The summed E-state index contributed by atoms with van der Waals surface area (Å²) in [6.45, 7) is 4.31. The number of methoxy groups -OCH3 is 1. The van der Waals surface area contributed by atoms with Gasteiger partial charge in [0.1, 0.15) is 17.8 Å². The molecule has 3 amide bonds. The molecule has 0 aliphatic carbocycles. The molecule has 2 rings (SSSR count). The first-order valence-electron chi connectivity index (χ1n) is 9.21. The lowest BCUT2D eigenvalue weighted by Crippen LogP contribution is -2.54. The predicted octanol–water partition coefficient (Wildman–Crippen LogP) is -0.955. The minimum Gasteiger partial charge on any atom is -0.497 e. The van der Waals surface area contributed by atoms with Crippen LogP contribution in [-0.2, 0) is 25.5 Å². The van der Waals surface area contributed by atoms with Crippen molar-refractivity contribution in [2.75, 3.05) is 40.0 Å². The highest BCUT2D eigenvalue weighted by atomic mass is 16.5. The van der Waals surface area contributed by atoms with E-state index in [9.17, 15) is 14.4 Å². The number of carbonyl (C=O) groups excluding carboxylic acids is 3. The molecular weight excluding hydrogens is 364 g/mol. The first kappa shape index (κ1) is 21.6. The van der Waals surface area contributed by atoms with Gasteiger partial charge in [-0.1, -0.05) is 12.1 Å². The third kappa shape index (κ3) is 6.82. The van der Waals surface area contributed by atoms with E-state index in [1.54, 1.807) is 38.3 Å². The highest BCUT2D eigenvalue weighted by Crippen LogP contribution is 2.12. The lowest BCUT2D eigenvalue weighted by Gasteiger charge is -2.26. The molecule has 0 radical (unpaired) electrons. The van der Waals surface area contributed by atoms with Crippen LogP contribution in [0.5, 0.6) is 5.75 Å². The lowest BCUT2D eigenvalue weighted by molar-refractivity contribution is -0.131. The van der Waals surface area contributed by atoms with E-state index in [2.05, 4.69) is 10.6 Å². The summed E-state index contributed by atoms with van der Waals surface area (Å²) in [5.74, 6) is -0.668. The number of carbonyl (C=O) groups is 3. The number of nitrogens with zero attached hydrogens (tertiary/aromatic N) is 1. The Morgan fingerprint density at radius 1 is 1.18 bits per heavy atom. The molecule has 1 aromatic rings. The second-order valence-electron chi connectivity index (χ2n) is 6.69. The van der Waals surface area contributed by atoms with Crippen LogP contribution in [0.2, 0.25) is 0 Å². The summed E-state index contributed by atoms with van der Waals surface area (Å²) < 4.78 is 10.3. The molecule has 0 saturated carbocycles. The van der Waals surface area contributed by atoms with Gasteiger partial charge in [0.05, 0.1) is 26.9 Å². The Balaban J connectivity index is 1.85. The molecule has 9 nitrogen and oxygen atoms in total. The van der Waals surface area contributed by atoms with E-state index in [1.165, 1.54) is 0 Å². The van der Waals surface area contributed by atoms with Gasteiger partial charge in [0.15, 0.2) is 0 Å². The monoisotopic (exact) mass is 392 g/mol. The number of amides is 3. The van der Waals surface area contributed by atoms with Crippen LogP contribution >= 0.6 is 0 Å². The molecule has 1 saturated heterocycles. The zero-order chi connectivity index (χ0) is 20.5. The Morgan fingerprint density at radius 3 is 2.39 bits per heavy atom. The Morgan fingerprint density at radius 2 is 1.82 bits per heavy atom. The number of primary amides is 1. The molecule has 9 heteroatoms. The van der Waals surface area contributed by atoms with Crippen molar-refractivity contribution in [2.45, 2.75) is 25.4 Å². The Kier molecular flexibility index (Phi) is 8.21. The quantitative estimate of drug-likeness (QED) is 0.498. The zero-order valence-corrected chi connectivity index (χ0v) is 16.3. The molecule has 4 N–H and O–H groups in total. The van der Waals surface area contributed by atoms with Gasteiger partial charge in [-0.25, -0.2) is 0 Å².